The number of nitrogens with one attached hydrogen (secondary N) is 1. The average molecular weight is 364 g/mol. The number of piperidine rings is 1. The minimum atomic E-state index is 0.194. The van der Waals surface area contributed by atoms with Crippen LogP contribution in [-0.2, 0) is 6.54 Å². The summed E-state index contributed by atoms with van der Waals surface area (Å²) in [6.07, 6.45) is 7.08. The Morgan fingerprint density at radius 3 is 2.56 bits per heavy atom. The van der Waals surface area contributed by atoms with Gasteiger partial charge in [0.25, 0.3) is 0 Å². The largest absolute Gasteiger partial charge is 0.333 e. The van der Waals surface area contributed by atoms with Crippen LogP contribution in [0.3, 0.4) is 0 Å². The van der Waals surface area contributed by atoms with Crippen LogP contribution in [0.2, 0.25) is 0 Å². The fourth-order valence-electron chi connectivity index (χ4n) is 5.38. The second-order valence-corrected chi connectivity index (χ2v) is 8.50. The van der Waals surface area contributed by atoms with Gasteiger partial charge in [-0.25, -0.2) is 4.79 Å². The summed E-state index contributed by atoms with van der Waals surface area (Å²) in [5.74, 6) is 0. The Morgan fingerprint density at radius 2 is 1.70 bits per heavy atom. The Morgan fingerprint density at radius 1 is 0.926 bits per heavy atom. The average Bonchev–Trinajstić information content (AvgIpc) is 3.04. The number of carbonyl (C=O) groups is 1. The van der Waals surface area contributed by atoms with Gasteiger partial charge in [-0.15, -0.1) is 0 Å². The van der Waals surface area contributed by atoms with Crippen molar-refractivity contribution >= 4 is 16.8 Å². The number of hydrogen-bond acceptors (Lipinski definition) is 2. The van der Waals surface area contributed by atoms with Crippen molar-refractivity contribution in [1.82, 2.24) is 15.1 Å². The molecule has 1 aliphatic carbocycles. The van der Waals surface area contributed by atoms with Crippen molar-refractivity contribution in [3.8, 4) is 0 Å². The maximum atomic E-state index is 12.5. The smallest absolute Gasteiger partial charge is 0.318 e. The van der Waals surface area contributed by atoms with Crippen LogP contribution >= 0.6 is 0 Å². The van der Waals surface area contributed by atoms with E-state index in [0.29, 0.717) is 18.1 Å². The van der Waals surface area contributed by atoms with Crippen LogP contribution in [0.1, 0.15) is 44.1 Å². The third kappa shape index (κ3) is 3.31. The Kier molecular flexibility index (Phi) is 4.52. The van der Waals surface area contributed by atoms with Gasteiger partial charge in [0.05, 0.1) is 12.1 Å². The van der Waals surface area contributed by atoms with Gasteiger partial charge in [-0.1, -0.05) is 49.2 Å². The van der Waals surface area contributed by atoms with E-state index in [1.54, 1.807) is 0 Å². The molecule has 2 aromatic carbocycles. The van der Waals surface area contributed by atoms with Gasteiger partial charge in [0.1, 0.15) is 0 Å². The van der Waals surface area contributed by atoms with Gasteiger partial charge in [-0.2, -0.15) is 0 Å². The molecule has 0 bridgehead atoms. The molecule has 2 atom stereocenters. The molecule has 1 N–H and O–H groups in total. The fraction of sp³-hybridized carbons (Fsp3) is 0.522. The highest BCUT2D eigenvalue weighted by atomic mass is 16.2. The van der Waals surface area contributed by atoms with Gasteiger partial charge < -0.3 is 10.2 Å². The summed E-state index contributed by atoms with van der Waals surface area (Å²) in [7, 11) is 0. The lowest BCUT2D eigenvalue weighted by Gasteiger charge is -2.40. The highest BCUT2D eigenvalue weighted by Crippen LogP contribution is 2.32. The van der Waals surface area contributed by atoms with Crippen LogP contribution in [-0.4, -0.2) is 47.0 Å². The van der Waals surface area contributed by atoms with E-state index in [9.17, 15) is 4.79 Å². The highest BCUT2D eigenvalue weighted by molar-refractivity contribution is 5.83. The summed E-state index contributed by atoms with van der Waals surface area (Å²) in [6.45, 7) is 3.17. The third-order valence-corrected chi connectivity index (χ3v) is 6.80. The first-order valence-corrected chi connectivity index (χ1v) is 10.6. The number of fused-ring (bicyclic) bond motifs is 2. The lowest BCUT2D eigenvalue weighted by Crippen LogP contribution is -2.49. The van der Waals surface area contributed by atoms with Gasteiger partial charge in [0, 0.05) is 25.7 Å². The molecule has 2 aliphatic heterocycles. The zero-order chi connectivity index (χ0) is 18.2. The van der Waals surface area contributed by atoms with Gasteiger partial charge in [-0.3, -0.25) is 4.90 Å². The maximum absolute atomic E-state index is 12.5. The second-order valence-electron chi connectivity index (χ2n) is 8.50. The van der Waals surface area contributed by atoms with Crippen molar-refractivity contribution < 1.29 is 4.79 Å². The molecule has 3 fully saturated rings. The minimum absolute atomic E-state index is 0.194. The zero-order valence-electron chi connectivity index (χ0n) is 15.9. The SMILES string of the molecule is O=C1N[C@H]2CCCC[C@H]2N1C1CCN(Cc2ccc3ccccc3c2)CC1. The number of rotatable bonds is 3. The number of carbonyl (C=O) groups excluding carboxylic acids is 1. The molecule has 0 unspecified atom stereocenters. The molecule has 142 valence electrons. The monoisotopic (exact) mass is 363 g/mol. The topological polar surface area (TPSA) is 35.6 Å². The Balaban J connectivity index is 1.21. The Hall–Kier alpha value is -2.07. The predicted octanol–water partition coefficient (Wildman–Crippen LogP) is 4.14. The van der Waals surface area contributed by atoms with E-state index in [1.165, 1.54) is 35.6 Å². The number of urea groups is 1. The van der Waals surface area contributed by atoms with Gasteiger partial charge >= 0.3 is 6.03 Å². The number of nitrogens with zero attached hydrogens (tertiary/aromatic N) is 2. The lowest BCUT2D eigenvalue weighted by molar-refractivity contribution is 0.0991. The van der Waals surface area contributed by atoms with Crippen LogP contribution in [0.5, 0.6) is 0 Å². The van der Waals surface area contributed by atoms with Crippen LogP contribution in [0, 0.1) is 0 Å². The van der Waals surface area contributed by atoms with Crippen LogP contribution in [0.25, 0.3) is 10.8 Å². The van der Waals surface area contributed by atoms with Crippen LogP contribution < -0.4 is 5.32 Å². The fourth-order valence-corrected chi connectivity index (χ4v) is 5.38. The summed E-state index contributed by atoms with van der Waals surface area (Å²) in [5.41, 5.74) is 1.39. The predicted molar refractivity (Wildman–Crippen MR) is 109 cm³/mol. The molecule has 0 radical (unpaired) electrons. The molecule has 0 aromatic heterocycles. The first-order valence-electron chi connectivity index (χ1n) is 10.6. The molecule has 2 amide bonds. The van der Waals surface area contributed by atoms with Gasteiger partial charge in [-0.05, 0) is 48.1 Å². The van der Waals surface area contributed by atoms with E-state index in [-0.39, 0.29) is 6.03 Å². The molecule has 27 heavy (non-hydrogen) atoms. The quantitative estimate of drug-likeness (QED) is 0.889. The first-order chi connectivity index (χ1) is 13.3. The molecule has 1 saturated carbocycles. The van der Waals surface area contributed by atoms with E-state index < -0.39 is 0 Å². The summed E-state index contributed by atoms with van der Waals surface area (Å²) in [6, 6.07) is 16.8. The highest BCUT2D eigenvalue weighted by Gasteiger charge is 2.44. The molecule has 2 heterocycles. The van der Waals surface area contributed by atoms with E-state index in [1.807, 2.05) is 0 Å². The summed E-state index contributed by atoms with van der Waals surface area (Å²) >= 11 is 0. The molecular weight excluding hydrogens is 334 g/mol. The van der Waals surface area contributed by atoms with Crippen molar-refractivity contribution in [3.63, 3.8) is 0 Å². The Bertz CT molecular complexity index is 827. The van der Waals surface area contributed by atoms with Crippen molar-refractivity contribution in [3.05, 3.63) is 48.0 Å². The van der Waals surface area contributed by atoms with Crippen molar-refractivity contribution in [2.45, 2.75) is 63.2 Å². The van der Waals surface area contributed by atoms with Gasteiger partial charge in [0.2, 0.25) is 0 Å². The number of likely N-dealkylation sites (tertiary alicyclic amines) is 1. The Labute approximate surface area is 161 Å². The van der Waals surface area contributed by atoms with E-state index in [0.717, 1.165) is 38.9 Å². The molecule has 0 spiro atoms. The zero-order valence-corrected chi connectivity index (χ0v) is 15.9. The van der Waals surface area contributed by atoms with E-state index >= 15 is 0 Å². The van der Waals surface area contributed by atoms with Crippen LogP contribution in [0.15, 0.2) is 42.5 Å². The van der Waals surface area contributed by atoms with Crippen molar-refractivity contribution in [1.29, 1.82) is 0 Å². The first kappa shape index (κ1) is 17.1. The number of amides is 2. The lowest BCUT2D eigenvalue weighted by atomic mass is 9.89. The molecule has 4 nitrogen and oxygen atoms in total. The van der Waals surface area contributed by atoms with E-state index in [4.69, 9.17) is 0 Å². The maximum Gasteiger partial charge on any atom is 0.318 e. The van der Waals surface area contributed by atoms with Gasteiger partial charge in [0.15, 0.2) is 0 Å². The molecule has 4 heteroatoms. The molecule has 2 aromatic rings. The van der Waals surface area contributed by atoms with Crippen LogP contribution in [0.4, 0.5) is 4.79 Å². The number of hydrogen-bond donors (Lipinski definition) is 1. The third-order valence-electron chi connectivity index (χ3n) is 6.80. The summed E-state index contributed by atoms with van der Waals surface area (Å²) < 4.78 is 0. The minimum Gasteiger partial charge on any atom is -0.333 e. The summed E-state index contributed by atoms with van der Waals surface area (Å²) in [5, 5.41) is 5.87. The molecule has 5 rings (SSSR count). The second kappa shape index (κ2) is 7.16. The van der Waals surface area contributed by atoms with Crippen molar-refractivity contribution in [2.75, 3.05) is 13.1 Å². The normalized spacial score (nSPS) is 27.0. The van der Waals surface area contributed by atoms with E-state index in [2.05, 4.69) is 57.6 Å². The molecule has 3 aliphatic rings. The molecule has 2 saturated heterocycles. The molecular formula is C23H29N3O. The summed E-state index contributed by atoms with van der Waals surface area (Å²) in [4.78, 5) is 17.3. The standard InChI is InChI=1S/C23H29N3O/c27-23-24-21-7-3-4-8-22(21)26(23)20-11-13-25(14-12-20)16-17-9-10-18-5-1-2-6-19(18)15-17/h1-2,5-6,9-10,15,20-22H,3-4,7-8,11-14,16H2,(H,24,27)/t21-,22+/m0/s1. The number of benzene rings is 2. The van der Waals surface area contributed by atoms with Crippen molar-refractivity contribution in [2.24, 2.45) is 0 Å².